The summed E-state index contributed by atoms with van der Waals surface area (Å²) in [5.74, 6) is -2.71. The lowest BCUT2D eigenvalue weighted by molar-refractivity contribution is -0.341. The molecule has 0 bridgehead atoms. The molecular weight excluding hydrogens is 736 g/mol. The number of aliphatic hydroxyl groups is 5. The summed E-state index contributed by atoms with van der Waals surface area (Å²) in [7, 11) is 5.29. The monoisotopic (exact) mass is 811 g/mol. The minimum atomic E-state index is -1.82. The van der Waals surface area contributed by atoms with E-state index in [1.165, 1.54) is 14.0 Å². The van der Waals surface area contributed by atoms with Gasteiger partial charge in [0.2, 0.25) is 0 Å². The van der Waals surface area contributed by atoms with Crippen LogP contribution in [0.2, 0.25) is 0 Å². The van der Waals surface area contributed by atoms with E-state index in [1.807, 2.05) is 70.1 Å². The third kappa shape index (κ3) is 10.1. The maximum atomic E-state index is 14.4. The number of hydrogen-bond donors (Lipinski definition) is 6. The second-order valence-corrected chi connectivity index (χ2v) is 18.2. The normalized spacial score (nSPS) is 47.2. The first-order chi connectivity index (χ1) is 26.4. The number of aliphatic hydroxyl groups excluding tert-OH is 2. The molecule has 3 aliphatic heterocycles. The Morgan fingerprint density at radius 3 is 2.14 bits per heavy atom. The molecule has 4 rings (SSSR count). The van der Waals surface area contributed by atoms with Crippen LogP contribution in [-0.4, -0.2) is 148 Å². The SMILES string of the molecule is CCC1OC(=O)[C@H](C)[C@@H](O[C@H]2C[C@@](C)(OC)[C@@](O)(c3ccccc3)[C@H](C)O2)[C@H](C)[C@@H](O[C@@H]2O[C@H](C)C[C@H](N(C)C)[C@H]2O)[C@](C)(O)C[C@@H](C)CN[C@H](C)[C@@H](O)[C@]1(C)O. The highest BCUT2D eigenvalue weighted by atomic mass is 16.7. The predicted octanol–water partition coefficient (Wildman–Crippen LogP) is 3.09. The van der Waals surface area contributed by atoms with Crippen molar-refractivity contribution in [1.82, 2.24) is 10.2 Å². The number of methoxy groups -OCH3 is 1. The molecule has 14 heteroatoms. The summed E-state index contributed by atoms with van der Waals surface area (Å²) >= 11 is 0. The first-order valence-corrected chi connectivity index (χ1v) is 20.8. The van der Waals surface area contributed by atoms with Crippen molar-refractivity contribution in [3.8, 4) is 0 Å². The van der Waals surface area contributed by atoms with Gasteiger partial charge in [-0.2, -0.15) is 0 Å². The Morgan fingerprint density at radius 2 is 1.56 bits per heavy atom. The minimum Gasteiger partial charge on any atom is -0.459 e. The fourth-order valence-electron chi connectivity index (χ4n) is 9.60. The lowest BCUT2D eigenvalue weighted by Crippen LogP contribution is -2.64. The van der Waals surface area contributed by atoms with Crippen molar-refractivity contribution >= 4 is 5.97 Å². The van der Waals surface area contributed by atoms with Gasteiger partial charge in [0, 0.05) is 31.5 Å². The number of likely N-dealkylation sites (N-methyl/N-ethyl adjacent to an activating group) is 1. The lowest BCUT2D eigenvalue weighted by atomic mass is 9.71. The topological polar surface area (TPSA) is 189 Å². The van der Waals surface area contributed by atoms with Crippen LogP contribution in [-0.2, 0) is 38.8 Å². The number of rotatable bonds is 8. The molecule has 1 aromatic carbocycles. The van der Waals surface area contributed by atoms with Gasteiger partial charge < -0.3 is 64.2 Å². The van der Waals surface area contributed by atoms with Gasteiger partial charge in [0.1, 0.15) is 35.1 Å². The summed E-state index contributed by atoms with van der Waals surface area (Å²) < 4.78 is 38.5. The molecule has 0 spiro atoms. The van der Waals surface area contributed by atoms with E-state index in [2.05, 4.69) is 5.32 Å². The third-order valence-electron chi connectivity index (χ3n) is 13.2. The summed E-state index contributed by atoms with van der Waals surface area (Å²) in [5.41, 5.74) is -5.59. The second kappa shape index (κ2) is 18.9. The smallest absolute Gasteiger partial charge is 0.311 e. The number of cyclic esters (lactones) is 1. The van der Waals surface area contributed by atoms with E-state index >= 15 is 0 Å². The second-order valence-electron chi connectivity index (χ2n) is 18.2. The first kappa shape index (κ1) is 47.9. The zero-order valence-electron chi connectivity index (χ0n) is 36.5. The van der Waals surface area contributed by atoms with E-state index in [9.17, 15) is 30.3 Å². The van der Waals surface area contributed by atoms with E-state index in [1.54, 1.807) is 41.5 Å². The first-order valence-electron chi connectivity index (χ1n) is 20.8. The molecule has 0 radical (unpaired) electrons. The van der Waals surface area contributed by atoms with E-state index in [-0.39, 0.29) is 37.3 Å². The number of hydrogen-bond acceptors (Lipinski definition) is 14. The van der Waals surface area contributed by atoms with Crippen LogP contribution in [0.25, 0.3) is 0 Å². The molecule has 1 unspecified atom stereocenters. The quantitative estimate of drug-likeness (QED) is 0.210. The fraction of sp³-hybridized carbons (Fsp3) is 0.837. The molecule has 3 aliphatic rings. The highest BCUT2D eigenvalue weighted by molar-refractivity contribution is 5.73. The summed E-state index contributed by atoms with van der Waals surface area (Å²) in [6.45, 7) is 17.9. The molecular formula is C43H74N2O12. The van der Waals surface area contributed by atoms with Gasteiger partial charge in [-0.15, -0.1) is 0 Å². The maximum absolute atomic E-state index is 14.4. The van der Waals surface area contributed by atoms with Crippen molar-refractivity contribution in [3.63, 3.8) is 0 Å². The maximum Gasteiger partial charge on any atom is 0.311 e. The Labute approximate surface area is 340 Å². The molecule has 3 heterocycles. The van der Waals surface area contributed by atoms with Crippen LogP contribution in [0.3, 0.4) is 0 Å². The van der Waals surface area contributed by atoms with Crippen LogP contribution in [0.1, 0.15) is 100 Å². The molecule has 1 aromatic rings. The van der Waals surface area contributed by atoms with Gasteiger partial charge in [-0.05, 0) is 99.9 Å². The fourth-order valence-corrected chi connectivity index (χ4v) is 9.60. The van der Waals surface area contributed by atoms with Crippen LogP contribution in [0.4, 0.5) is 0 Å². The number of ether oxygens (including phenoxy) is 6. The van der Waals surface area contributed by atoms with Gasteiger partial charge in [-0.3, -0.25) is 4.79 Å². The average molecular weight is 811 g/mol. The van der Waals surface area contributed by atoms with Gasteiger partial charge in [0.15, 0.2) is 12.6 Å². The molecule has 0 amide bonds. The third-order valence-corrected chi connectivity index (χ3v) is 13.2. The van der Waals surface area contributed by atoms with Crippen LogP contribution in [0, 0.1) is 17.8 Å². The standard InChI is InChI=1S/C43H74N2O12/c1-14-32-42(10,50)36(47)28(6)44-23-24(2)21-40(8,49)37(57-39-34(46)31(45(11)12)20-25(3)53-39)26(4)35(27(5)38(48)55-32)56-33-22-41(9,52-13)43(51,29(7)54-33)30-18-16-15-17-19-30/h15-19,24-29,31-37,39,44,46-47,49-51H,14,20-23H2,1-13H3/t24-,25-,26+,27-,28-,29+,31+,32?,33+,34-,35+,36-,37-,39+,40-,41-,42-,43+/m1/s1. The van der Waals surface area contributed by atoms with Crippen LogP contribution in [0.5, 0.6) is 0 Å². The summed E-state index contributed by atoms with van der Waals surface area (Å²) in [6.07, 6.45) is -7.83. The van der Waals surface area contributed by atoms with E-state index in [4.69, 9.17) is 28.4 Å². The number of benzene rings is 1. The van der Waals surface area contributed by atoms with Crippen molar-refractivity contribution in [1.29, 1.82) is 0 Å². The lowest BCUT2D eigenvalue weighted by Gasteiger charge is -2.54. The molecule has 14 nitrogen and oxygen atoms in total. The van der Waals surface area contributed by atoms with Gasteiger partial charge in [-0.1, -0.05) is 51.1 Å². The van der Waals surface area contributed by atoms with Crippen molar-refractivity contribution in [3.05, 3.63) is 35.9 Å². The van der Waals surface area contributed by atoms with Crippen molar-refractivity contribution in [2.24, 2.45) is 17.8 Å². The van der Waals surface area contributed by atoms with Crippen molar-refractivity contribution in [2.75, 3.05) is 27.7 Å². The molecule has 3 saturated heterocycles. The van der Waals surface area contributed by atoms with Gasteiger partial charge in [0.25, 0.3) is 0 Å². The summed E-state index contributed by atoms with van der Waals surface area (Å²) in [6, 6.07) is 8.28. The van der Waals surface area contributed by atoms with E-state index in [0.29, 0.717) is 18.5 Å². The van der Waals surface area contributed by atoms with Gasteiger partial charge in [0.05, 0.1) is 35.9 Å². The Morgan fingerprint density at radius 1 is 0.930 bits per heavy atom. The molecule has 328 valence electrons. The summed E-state index contributed by atoms with van der Waals surface area (Å²) in [5, 5.41) is 62.9. The zero-order valence-corrected chi connectivity index (χ0v) is 36.5. The molecule has 0 aromatic heterocycles. The van der Waals surface area contributed by atoms with Crippen LogP contribution in [0.15, 0.2) is 30.3 Å². The van der Waals surface area contributed by atoms with Gasteiger partial charge >= 0.3 is 5.97 Å². The Bertz CT molecular complexity index is 1430. The van der Waals surface area contributed by atoms with Crippen LogP contribution >= 0.6 is 0 Å². The molecule has 0 saturated carbocycles. The Balaban J connectivity index is 1.82. The molecule has 57 heavy (non-hydrogen) atoms. The minimum absolute atomic E-state index is 0.0533. The molecule has 0 aliphatic carbocycles. The number of carbonyl (C=O) groups excluding carboxylic acids is 1. The Kier molecular flexibility index (Phi) is 15.8. The average Bonchev–Trinajstić information content (AvgIpc) is 3.15. The number of nitrogens with zero attached hydrogens (tertiary/aromatic N) is 1. The molecule has 3 fully saturated rings. The predicted molar refractivity (Wildman–Crippen MR) is 214 cm³/mol. The van der Waals surface area contributed by atoms with E-state index < -0.39 is 95.5 Å². The number of esters is 1. The zero-order chi connectivity index (χ0) is 42.8. The van der Waals surface area contributed by atoms with Crippen molar-refractivity contribution in [2.45, 2.75) is 185 Å². The van der Waals surface area contributed by atoms with E-state index in [0.717, 1.165) is 0 Å². The largest absolute Gasteiger partial charge is 0.459 e. The molecule has 18 atom stereocenters. The molecule has 6 N–H and O–H groups in total. The summed E-state index contributed by atoms with van der Waals surface area (Å²) in [4.78, 5) is 16.3. The Hall–Kier alpha value is -1.79. The highest BCUT2D eigenvalue weighted by Gasteiger charge is 2.59. The highest BCUT2D eigenvalue weighted by Crippen LogP contribution is 2.48. The number of nitrogens with one attached hydrogen (secondary N) is 1. The van der Waals surface area contributed by atoms with Gasteiger partial charge in [-0.25, -0.2) is 0 Å². The van der Waals surface area contributed by atoms with Crippen molar-refractivity contribution < 1.29 is 58.7 Å². The van der Waals surface area contributed by atoms with Crippen LogP contribution < -0.4 is 5.32 Å². The number of carbonyl (C=O) groups is 1.